The zero-order valence-corrected chi connectivity index (χ0v) is 13.1. The van der Waals surface area contributed by atoms with Crippen molar-refractivity contribution >= 4 is 11.6 Å². The van der Waals surface area contributed by atoms with Crippen molar-refractivity contribution in [3.8, 4) is 0 Å². The fraction of sp³-hybridized carbons (Fsp3) is 0.529. The second-order valence-electron chi connectivity index (χ2n) is 6.32. The van der Waals surface area contributed by atoms with E-state index in [0.29, 0.717) is 19.0 Å². The summed E-state index contributed by atoms with van der Waals surface area (Å²) in [7, 11) is 0. The van der Waals surface area contributed by atoms with E-state index in [1.807, 2.05) is 0 Å². The molecule has 0 bridgehead atoms. The number of hydrogen-bond acceptors (Lipinski definition) is 3. The molecule has 2 aliphatic rings. The molecule has 2 heterocycles. The Hall–Kier alpha value is -1.98. The lowest BCUT2D eigenvalue weighted by Crippen LogP contribution is -2.40. The Balaban J connectivity index is 1.66. The maximum atomic E-state index is 13.8. The molecule has 1 fully saturated rings. The number of oxime groups is 1. The summed E-state index contributed by atoms with van der Waals surface area (Å²) in [5, 5.41) is 3.81. The molecule has 0 N–H and O–H groups in total. The third-order valence-corrected chi connectivity index (χ3v) is 4.51. The molecule has 0 aliphatic carbocycles. The first-order chi connectivity index (χ1) is 11.0. The molecule has 124 valence electrons. The highest BCUT2D eigenvalue weighted by Gasteiger charge is 2.33. The zero-order chi connectivity index (χ0) is 16.4. The summed E-state index contributed by atoms with van der Waals surface area (Å²) < 4.78 is 27.1. The van der Waals surface area contributed by atoms with E-state index in [0.717, 1.165) is 37.5 Å². The molecule has 0 saturated carbocycles. The van der Waals surface area contributed by atoms with Gasteiger partial charge >= 0.3 is 0 Å². The van der Waals surface area contributed by atoms with E-state index in [9.17, 15) is 13.6 Å². The van der Waals surface area contributed by atoms with E-state index >= 15 is 0 Å². The monoisotopic (exact) mass is 322 g/mol. The molecule has 0 unspecified atom stereocenters. The first kappa shape index (κ1) is 15.9. The minimum atomic E-state index is -0.735. The number of halogens is 2. The molecule has 0 spiro atoms. The molecule has 3 rings (SSSR count). The minimum absolute atomic E-state index is 0.0600. The topological polar surface area (TPSA) is 41.9 Å². The molecule has 1 saturated heterocycles. The number of amides is 1. The molecule has 1 amide bonds. The first-order valence-electron chi connectivity index (χ1n) is 8.01. The van der Waals surface area contributed by atoms with Crippen LogP contribution in [0.4, 0.5) is 8.78 Å². The maximum absolute atomic E-state index is 13.8. The standard InChI is InChI=1S/C17H20F2N2O2/c1-11-3-2-7-21(8-6-11)17(22)16-10-15(20-23-16)13-9-12(18)4-5-14(13)19/h4-5,9,11,16H,2-3,6-8,10H2,1H3/t11-,16-/m1/s1. The quantitative estimate of drug-likeness (QED) is 0.839. The Morgan fingerprint density at radius 1 is 1.30 bits per heavy atom. The predicted molar refractivity (Wildman–Crippen MR) is 82.0 cm³/mol. The zero-order valence-electron chi connectivity index (χ0n) is 13.1. The van der Waals surface area contributed by atoms with Gasteiger partial charge in [-0.3, -0.25) is 4.79 Å². The second kappa shape index (κ2) is 6.64. The van der Waals surface area contributed by atoms with Crippen molar-refractivity contribution in [2.75, 3.05) is 13.1 Å². The number of likely N-dealkylation sites (tertiary alicyclic amines) is 1. The summed E-state index contributed by atoms with van der Waals surface area (Å²) in [5.74, 6) is -0.606. The smallest absolute Gasteiger partial charge is 0.266 e. The van der Waals surface area contributed by atoms with Gasteiger partial charge in [0.05, 0.1) is 5.71 Å². The van der Waals surface area contributed by atoms with Gasteiger partial charge < -0.3 is 9.74 Å². The van der Waals surface area contributed by atoms with Gasteiger partial charge in [-0.1, -0.05) is 12.1 Å². The normalized spacial score (nSPS) is 24.8. The fourth-order valence-electron chi connectivity index (χ4n) is 3.07. The van der Waals surface area contributed by atoms with Gasteiger partial charge in [-0.05, 0) is 43.4 Å². The summed E-state index contributed by atoms with van der Waals surface area (Å²) >= 11 is 0. The van der Waals surface area contributed by atoms with Gasteiger partial charge in [0.15, 0.2) is 0 Å². The van der Waals surface area contributed by atoms with E-state index in [1.54, 1.807) is 4.90 Å². The van der Waals surface area contributed by atoms with Crippen molar-refractivity contribution in [1.82, 2.24) is 4.90 Å². The van der Waals surface area contributed by atoms with Gasteiger partial charge in [-0.25, -0.2) is 8.78 Å². The Bertz CT molecular complexity index is 633. The van der Waals surface area contributed by atoms with Crippen LogP contribution in [-0.4, -0.2) is 35.7 Å². The van der Waals surface area contributed by atoms with Crippen LogP contribution in [0.5, 0.6) is 0 Å². The molecule has 6 heteroatoms. The molecule has 0 aromatic heterocycles. The number of carbonyl (C=O) groups is 1. The van der Waals surface area contributed by atoms with Gasteiger partial charge in [0.2, 0.25) is 6.10 Å². The highest BCUT2D eigenvalue weighted by atomic mass is 19.1. The molecule has 0 radical (unpaired) electrons. The van der Waals surface area contributed by atoms with E-state index in [2.05, 4.69) is 12.1 Å². The van der Waals surface area contributed by atoms with E-state index in [4.69, 9.17) is 4.84 Å². The van der Waals surface area contributed by atoms with Gasteiger partial charge in [0.25, 0.3) is 5.91 Å². The molecule has 1 aromatic rings. The highest BCUT2D eigenvalue weighted by Crippen LogP contribution is 2.23. The highest BCUT2D eigenvalue weighted by molar-refractivity contribution is 6.04. The Labute approximate surface area is 134 Å². The number of carbonyl (C=O) groups excluding carboxylic acids is 1. The largest absolute Gasteiger partial charge is 0.382 e. The molecule has 2 atom stereocenters. The average molecular weight is 322 g/mol. The van der Waals surface area contributed by atoms with Gasteiger partial charge in [-0.2, -0.15) is 0 Å². The van der Waals surface area contributed by atoms with Crippen LogP contribution in [0.25, 0.3) is 0 Å². The van der Waals surface area contributed by atoms with Gasteiger partial charge in [-0.15, -0.1) is 0 Å². The number of nitrogens with zero attached hydrogens (tertiary/aromatic N) is 2. The van der Waals surface area contributed by atoms with Crippen LogP contribution in [-0.2, 0) is 9.63 Å². The van der Waals surface area contributed by atoms with E-state index in [-0.39, 0.29) is 23.6 Å². The number of hydrogen-bond donors (Lipinski definition) is 0. The lowest BCUT2D eigenvalue weighted by molar-refractivity contribution is -0.142. The molecular formula is C17H20F2N2O2. The number of benzene rings is 1. The molecule has 1 aromatic carbocycles. The van der Waals surface area contributed by atoms with Crippen molar-refractivity contribution in [3.63, 3.8) is 0 Å². The third kappa shape index (κ3) is 3.51. The summed E-state index contributed by atoms with van der Waals surface area (Å²) in [6.45, 7) is 3.62. The molecular weight excluding hydrogens is 302 g/mol. The van der Waals surface area contributed by atoms with Crippen LogP contribution in [0, 0.1) is 17.6 Å². The fourth-order valence-corrected chi connectivity index (χ4v) is 3.07. The van der Waals surface area contributed by atoms with Gasteiger partial charge in [0.1, 0.15) is 11.6 Å². The van der Waals surface area contributed by atoms with Crippen LogP contribution in [0.1, 0.15) is 38.2 Å². The summed E-state index contributed by atoms with van der Waals surface area (Å²) in [4.78, 5) is 19.6. The molecule has 2 aliphatic heterocycles. The average Bonchev–Trinajstić information content (AvgIpc) is 2.92. The Morgan fingerprint density at radius 3 is 2.96 bits per heavy atom. The predicted octanol–water partition coefficient (Wildman–Crippen LogP) is 3.11. The first-order valence-corrected chi connectivity index (χ1v) is 8.01. The summed E-state index contributed by atoms with van der Waals surface area (Å²) in [5.41, 5.74) is 0.341. The van der Waals surface area contributed by atoms with Crippen molar-refractivity contribution < 1.29 is 18.4 Å². The Morgan fingerprint density at radius 2 is 2.13 bits per heavy atom. The van der Waals surface area contributed by atoms with Crippen LogP contribution in [0.15, 0.2) is 23.4 Å². The van der Waals surface area contributed by atoms with Crippen molar-refractivity contribution in [2.45, 2.75) is 38.7 Å². The van der Waals surface area contributed by atoms with Crippen molar-refractivity contribution in [1.29, 1.82) is 0 Å². The second-order valence-corrected chi connectivity index (χ2v) is 6.32. The summed E-state index contributed by atoms with van der Waals surface area (Å²) in [6.07, 6.45) is 2.51. The van der Waals surface area contributed by atoms with Gasteiger partial charge in [0, 0.05) is 25.1 Å². The van der Waals surface area contributed by atoms with Crippen molar-refractivity contribution in [2.24, 2.45) is 11.1 Å². The van der Waals surface area contributed by atoms with Crippen LogP contribution in [0.2, 0.25) is 0 Å². The summed E-state index contributed by atoms with van der Waals surface area (Å²) in [6, 6.07) is 3.19. The lowest BCUT2D eigenvalue weighted by Gasteiger charge is -2.22. The van der Waals surface area contributed by atoms with Crippen LogP contribution in [0.3, 0.4) is 0 Å². The minimum Gasteiger partial charge on any atom is -0.382 e. The Kier molecular flexibility index (Phi) is 4.59. The maximum Gasteiger partial charge on any atom is 0.266 e. The van der Waals surface area contributed by atoms with Crippen LogP contribution >= 0.6 is 0 Å². The van der Waals surface area contributed by atoms with Crippen LogP contribution < -0.4 is 0 Å². The van der Waals surface area contributed by atoms with Crippen molar-refractivity contribution in [3.05, 3.63) is 35.4 Å². The third-order valence-electron chi connectivity index (χ3n) is 4.51. The van der Waals surface area contributed by atoms with E-state index < -0.39 is 17.7 Å². The molecule has 23 heavy (non-hydrogen) atoms. The van der Waals surface area contributed by atoms with E-state index in [1.165, 1.54) is 0 Å². The number of rotatable bonds is 2. The lowest BCUT2D eigenvalue weighted by atomic mass is 10.0. The molecule has 4 nitrogen and oxygen atoms in total. The SMILES string of the molecule is C[C@@H]1CCCN(C(=O)[C@H]2CC(c3cc(F)ccc3F)=NO2)CC1.